The van der Waals surface area contributed by atoms with E-state index in [9.17, 15) is 5.11 Å². The van der Waals surface area contributed by atoms with Gasteiger partial charge in [0, 0.05) is 0 Å². The van der Waals surface area contributed by atoms with Crippen molar-refractivity contribution in [3.63, 3.8) is 0 Å². The van der Waals surface area contributed by atoms with Gasteiger partial charge in [0.1, 0.15) is 0 Å². The molecule has 1 rings (SSSR count). The molecule has 0 unspecified atom stereocenters. The Morgan fingerprint density at radius 2 is 1.91 bits per heavy atom. The van der Waals surface area contributed by atoms with Crippen LogP contribution in [0.4, 0.5) is 5.69 Å². The fourth-order valence-corrected chi connectivity index (χ4v) is 0.679. The summed E-state index contributed by atoms with van der Waals surface area (Å²) in [5.41, 5.74) is 0.423. The van der Waals surface area contributed by atoms with E-state index >= 15 is 0 Å². The molecule has 0 spiro atoms. The molecule has 0 aromatic heterocycles. The van der Waals surface area contributed by atoms with Crippen molar-refractivity contribution < 1.29 is 15.2 Å². The van der Waals surface area contributed by atoms with Gasteiger partial charge in [-0.1, -0.05) is 12.1 Å². The first kappa shape index (κ1) is 7.84. The predicted molar refractivity (Wildman–Crippen MR) is 37.2 cm³/mol. The maximum atomic E-state index is 10.6. The number of anilines is 1. The lowest BCUT2D eigenvalue weighted by Crippen LogP contribution is -2.15. The standard InChI is InChI=1S/C7H9NO3/c1-11-8(10)6-2-4-7(9)5-3-6/h2-5,9-10H,1H3/p-1. The Morgan fingerprint density at radius 3 is 2.36 bits per heavy atom. The summed E-state index contributed by atoms with van der Waals surface area (Å²) in [6, 6.07) is 5.62. The zero-order valence-electron chi connectivity index (χ0n) is 6.02. The van der Waals surface area contributed by atoms with Crippen molar-refractivity contribution in [2.24, 2.45) is 0 Å². The molecule has 0 radical (unpaired) electrons. The maximum Gasteiger partial charge on any atom is 0.0944 e. The summed E-state index contributed by atoms with van der Waals surface area (Å²) in [7, 11) is 1.32. The second-order valence-electron chi connectivity index (χ2n) is 1.95. The van der Waals surface area contributed by atoms with Gasteiger partial charge in [0.15, 0.2) is 0 Å². The number of benzene rings is 1. The Kier molecular flexibility index (Phi) is 2.30. The van der Waals surface area contributed by atoms with Crippen molar-refractivity contribution in [2.45, 2.75) is 0 Å². The minimum atomic E-state index is -0.0988. The lowest BCUT2D eigenvalue weighted by Gasteiger charge is -2.13. The highest BCUT2D eigenvalue weighted by molar-refractivity contribution is 5.43. The number of nitrogens with zero attached hydrogens (tertiary/aromatic N) is 1. The molecule has 0 atom stereocenters. The molecule has 1 aromatic carbocycles. The Hall–Kier alpha value is -1.26. The highest BCUT2D eigenvalue weighted by Gasteiger charge is 1.97. The summed E-state index contributed by atoms with van der Waals surface area (Å²) in [5, 5.41) is 20.1. The van der Waals surface area contributed by atoms with Crippen molar-refractivity contribution >= 4 is 5.69 Å². The average Bonchev–Trinajstić information content (AvgIpc) is 2.05. The second kappa shape index (κ2) is 3.23. The summed E-state index contributed by atoms with van der Waals surface area (Å²) in [6.07, 6.45) is 0. The summed E-state index contributed by atoms with van der Waals surface area (Å²) in [4.78, 5) is 4.46. The van der Waals surface area contributed by atoms with Crippen LogP contribution in [-0.4, -0.2) is 12.3 Å². The zero-order valence-corrected chi connectivity index (χ0v) is 6.02. The van der Waals surface area contributed by atoms with E-state index in [1.807, 2.05) is 0 Å². The SMILES string of the molecule is CON(O)c1ccc([O-])cc1. The monoisotopic (exact) mass is 154 g/mol. The molecule has 11 heavy (non-hydrogen) atoms. The van der Waals surface area contributed by atoms with Gasteiger partial charge < -0.3 is 5.11 Å². The highest BCUT2D eigenvalue weighted by Crippen LogP contribution is 2.14. The minimum Gasteiger partial charge on any atom is -0.872 e. The average molecular weight is 154 g/mol. The molecule has 0 aliphatic rings. The van der Waals surface area contributed by atoms with E-state index in [-0.39, 0.29) is 5.75 Å². The first-order valence-corrected chi connectivity index (χ1v) is 3.04. The third kappa shape index (κ3) is 1.83. The molecule has 0 amide bonds. The Labute approximate surface area is 64.2 Å². The molecule has 0 bridgehead atoms. The number of rotatable bonds is 2. The largest absolute Gasteiger partial charge is 0.872 e. The molecule has 0 aliphatic carbocycles. The second-order valence-corrected chi connectivity index (χ2v) is 1.95. The zero-order chi connectivity index (χ0) is 8.27. The summed E-state index contributed by atoms with van der Waals surface area (Å²) >= 11 is 0. The first-order valence-electron chi connectivity index (χ1n) is 3.04. The van der Waals surface area contributed by atoms with Crippen molar-refractivity contribution in [1.29, 1.82) is 0 Å². The molecule has 0 fully saturated rings. The molecule has 4 nitrogen and oxygen atoms in total. The summed E-state index contributed by atoms with van der Waals surface area (Å²) in [6.45, 7) is 0. The van der Waals surface area contributed by atoms with Gasteiger partial charge in [-0.05, 0) is 12.1 Å². The van der Waals surface area contributed by atoms with Gasteiger partial charge in [-0.2, -0.15) is 0 Å². The highest BCUT2D eigenvalue weighted by atomic mass is 16.9. The van der Waals surface area contributed by atoms with Gasteiger partial charge in [-0.25, -0.2) is 0 Å². The molecule has 1 N–H and O–H groups in total. The van der Waals surface area contributed by atoms with E-state index in [0.717, 1.165) is 0 Å². The smallest absolute Gasteiger partial charge is 0.0944 e. The van der Waals surface area contributed by atoms with Gasteiger partial charge in [0.25, 0.3) is 0 Å². The van der Waals surface area contributed by atoms with E-state index in [2.05, 4.69) is 4.84 Å². The third-order valence-electron chi connectivity index (χ3n) is 1.23. The van der Waals surface area contributed by atoms with Gasteiger partial charge in [-0.15, -0.1) is 11.0 Å². The molecule has 0 saturated carbocycles. The Balaban J connectivity index is 2.81. The molecule has 0 aliphatic heterocycles. The maximum absolute atomic E-state index is 10.6. The molecular formula is C7H8NO3-. The first-order chi connectivity index (χ1) is 5.24. The van der Waals surface area contributed by atoms with E-state index in [1.165, 1.54) is 31.4 Å². The van der Waals surface area contributed by atoms with Crippen molar-refractivity contribution in [2.75, 3.05) is 12.3 Å². The molecule has 0 saturated heterocycles. The summed E-state index contributed by atoms with van der Waals surface area (Å²) < 4.78 is 0. The van der Waals surface area contributed by atoms with Crippen LogP contribution in [0.3, 0.4) is 0 Å². The van der Waals surface area contributed by atoms with Crippen LogP contribution in [0.25, 0.3) is 0 Å². The fraction of sp³-hybridized carbons (Fsp3) is 0.143. The van der Waals surface area contributed by atoms with Gasteiger partial charge >= 0.3 is 0 Å². The number of hydrogen-bond acceptors (Lipinski definition) is 4. The number of hydrogen-bond donors (Lipinski definition) is 1. The van der Waals surface area contributed by atoms with Crippen molar-refractivity contribution in [3.8, 4) is 5.75 Å². The Morgan fingerprint density at radius 1 is 1.36 bits per heavy atom. The molecule has 60 valence electrons. The Bertz CT molecular complexity index is 222. The van der Waals surface area contributed by atoms with E-state index in [4.69, 9.17) is 5.21 Å². The van der Waals surface area contributed by atoms with Crippen LogP contribution in [0.5, 0.6) is 5.75 Å². The van der Waals surface area contributed by atoms with Gasteiger partial charge in [-0.3, -0.25) is 10.0 Å². The molecule has 0 heterocycles. The molecular weight excluding hydrogens is 146 g/mol. The van der Waals surface area contributed by atoms with Crippen molar-refractivity contribution in [3.05, 3.63) is 24.3 Å². The van der Waals surface area contributed by atoms with E-state index in [1.54, 1.807) is 0 Å². The third-order valence-corrected chi connectivity index (χ3v) is 1.23. The van der Waals surface area contributed by atoms with Crippen LogP contribution in [0.2, 0.25) is 0 Å². The predicted octanol–water partition coefficient (Wildman–Crippen LogP) is 0.517. The van der Waals surface area contributed by atoms with Gasteiger partial charge in [0.05, 0.1) is 12.8 Å². The van der Waals surface area contributed by atoms with E-state index < -0.39 is 0 Å². The van der Waals surface area contributed by atoms with Crippen molar-refractivity contribution in [1.82, 2.24) is 0 Å². The lowest BCUT2D eigenvalue weighted by atomic mass is 10.3. The van der Waals surface area contributed by atoms with Crippen LogP contribution >= 0.6 is 0 Å². The molecule has 1 aromatic rings. The summed E-state index contributed by atoms with van der Waals surface area (Å²) in [5.74, 6) is -0.0988. The van der Waals surface area contributed by atoms with Crippen LogP contribution < -0.4 is 10.3 Å². The minimum absolute atomic E-state index is 0.0988. The lowest BCUT2D eigenvalue weighted by molar-refractivity contribution is -0.268. The van der Waals surface area contributed by atoms with Crippen LogP contribution in [0.1, 0.15) is 0 Å². The fourth-order valence-electron chi connectivity index (χ4n) is 0.679. The van der Waals surface area contributed by atoms with Gasteiger partial charge in [0.2, 0.25) is 0 Å². The topological polar surface area (TPSA) is 55.8 Å². The quantitative estimate of drug-likeness (QED) is 0.631. The van der Waals surface area contributed by atoms with Crippen LogP contribution in [0, 0.1) is 0 Å². The van der Waals surface area contributed by atoms with Crippen LogP contribution in [-0.2, 0) is 4.84 Å². The van der Waals surface area contributed by atoms with Crippen LogP contribution in [0.15, 0.2) is 24.3 Å². The normalized spacial score (nSPS) is 9.64. The molecule has 4 heteroatoms. The van der Waals surface area contributed by atoms with E-state index in [0.29, 0.717) is 10.9 Å².